The number of nitrogens with two attached hydrogens (primary N) is 1. The summed E-state index contributed by atoms with van der Waals surface area (Å²) in [5.41, 5.74) is 7.20. The molecule has 9 nitrogen and oxygen atoms in total. The zero-order chi connectivity index (χ0) is 25.3. The zero-order valence-corrected chi connectivity index (χ0v) is 21.4. The Bertz CT molecular complexity index is 1410. The predicted octanol–water partition coefficient (Wildman–Crippen LogP) is 3.15. The van der Waals surface area contributed by atoms with E-state index in [9.17, 15) is 14.4 Å². The molecule has 0 fully saturated rings. The first-order valence-electron chi connectivity index (χ1n) is 11.7. The maximum absolute atomic E-state index is 13.5. The Morgan fingerprint density at radius 2 is 2.06 bits per heavy atom. The Kier molecular flexibility index (Phi) is 6.96. The van der Waals surface area contributed by atoms with Crippen LogP contribution in [0.25, 0.3) is 22.3 Å². The van der Waals surface area contributed by atoms with Crippen molar-refractivity contribution in [2.75, 3.05) is 24.6 Å². The summed E-state index contributed by atoms with van der Waals surface area (Å²) in [6.07, 6.45) is -0.620. The largest absolute Gasteiger partial charge is 0.457 e. The van der Waals surface area contributed by atoms with E-state index in [4.69, 9.17) is 20.2 Å². The number of benzene rings is 1. The van der Waals surface area contributed by atoms with E-state index in [-0.39, 0.29) is 18.6 Å². The maximum atomic E-state index is 13.5. The number of pyridine rings is 2. The number of alkyl carbamates (subject to hydrolysis) is 1. The number of hydrogen-bond donors (Lipinski definition) is 2. The van der Waals surface area contributed by atoms with Crippen molar-refractivity contribution in [1.82, 2.24) is 14.9 Å². The number of amides is 1. The Morgan fingerprint density at radius 1 is 1.25 bits per heavy atom. The summed E-state index contributed by atoms with van der Waals surface area (Å²) >= 11 is 0. The van der Waals surface area contributed by atoms with Gasteiger partial charge in [-0.25, -0.2) is 14.6 Å². The second-order valence-corrected chi connectivity index (χ2v) is 11.2. The Hall–Kier alpha value is -3.02. The number of cyclic esters (lactones) is 1. The molecule has 5 rings (SSSR count). The van der Waals surface area contributed by atoms with Crippen LogP contribution in [0.2, 0.25) is 0 Å². The molecule has 3 N–H and O–H groups in total. The van der Waals surface area contributed by atoms with Crippen molar-refractivity contribution in [3.05, 3.63) is 63.4 Å². The summed E-state index contributed by atoms with van der Waals surface area (Å²) in [5, 5.41) is 3.68. The van der Waals surface area contributed by atoms with Gasteiger partial charge in [-0.2, -0.15) is 0 Å². The Balaban J connectivity index is 1.49. The predicted molar refractivity (Wildman–Crippen MR) is 141 cm³/mol. The van der Waals surface area contributed by atoms with Gasteiger partial charge in [-0.3, -0.25) is 4.79 Å². The van der Waals surface area contributed by atoms with Crippen molar-refractivity contribution in [2.45, 2.75) is 32.1 Å². The molecule has 2 aliphatic heterocycles. The van der Waals surface area contributed by atoms with Gasteiger partial charge in [0.1, 0.15) is 6.61 Å². The molecule has 36 heavy (non-hydrogen) atoms. The topological polar surface area (TPSA) is 126 Å². The minimum Gasteiger partial charge on any atom is -0.457 e. The Labute approximate surface area is 215 Å². The first kappa shape index (κ1) is 24.7. The molecule has 0 radical (unpaired) electrons. The van der Waals surface area contributed by atoms with Gasteiger partial charge in [0.2, 0.25) is 5.60 Å². The molecule has 1 amide bonds. The van der Waals surface area contributed by atoms with E-state index in [0.29, 0.717) is 47.9 Å². The lowest BCUT2D eigenvalue weighted by Crippen LogP contribution is -2.49. The van der Waals surface area contributed by atoms with Crippen molar-refractivity contribution in [3.8, 4) is 11.4 Å². The van der Waals surface area contributed by atoms with Crippen molar-refractivity contribution < 1.29 is 19.1 Å². The number of carbonyl (C=O) groups excluding carboxylic acids is 2. The third-order valence-corrected chi connectivity index (χ3v) is 8.83. The van der Waals surface area contributed by atoms with Gasteiger partial charge in [0.15, 0.2) is 0 Å². The van der Waals surface area contributed by atoms with E-state index >= 15 is 0 Å². The van der Waals surface area contributed by atoms with Gasteiger partial charge < -0.3 is 25.1 Å². The first-order valence-corrected chi connectivity index (χ1v) is 14.2. The standard InChI is InChI=1S/C25H26N4O5S2/c1-2-25(34-24(32)27-8-10-36-35-9-7-26)18-12-20-21-16(11-15-5-3-4-6-19(15)28-21)13-29(20)22(30)17(18)14-33-23(25)31/h3-6,11-12H,2,7-10,13-14,26H2,1H3,(H,27,32)/t25-/m0/s1. The number of esters is 1. The monoisotopic (exact) mass is 526 g/mol. The number of ether oxygens (including phenoxy) is 2. The number of rotatable bonds is 8. The lowest BCUT2D eigenvalue weighted by Gasteiger charge is -2.35. The van der Waals surface area contributed by atoms with Crippen LogP contribution in [0.3, 0.4) is 0 Å². The molecule has 0 aliphatic carbocycles. The van der Waals surface area contributed by atoms with Crippen molar-refractivity contribution in [3.63, 3.8) is 0 Å². The van der Waals surface area contributed by atoms with E-state index in [2.05, 4.69) is 5.32 Å². The van der Waals surface area contributed by atoms with Crippen molar-refractivity contribution in [2.24, 2.45) is 5.73 Å². The molecule has 1 atom stereocenters. The molecular weight excluding hydrogens is 500 g/mol. The average molecular weight is 527 g/mol. The van der Waals surface area contributed by atoms with Gasteiger partial charge in [-0.1, -0.05) is 46.7 Å². The zero-order valence-electron chi connectivity index (χ0n) is 19.7. The minimum absolute atomic E-state index is 0.119. The van der Waals surface area contributed by atoms with E-state index in [1.54, 1.807) is 39.1 Å². The summed E-state index contributed by atoms with van der Waals surface area (Å²) in [4.78, 5) is 44.1. The molecular formula is C25H26N4O5S2. The summed E-state index contributed by atoms with van der Waals surface area (Å²) in [6.45, 7) is 2.89. The van der Waals surface area contributed by atoms with Gasteiger partial charge in [-0.05, 0) is 24.6 Å². The normalized spacial score (nSPS) is 17.8. The highest BCUT2D eigenvalue weighted by atomic mass is 33.1. The molecule has 2 aromatic heterocycles. The number of nitrogens with one attached hydrogen (secondary N) is 1. The second kappa shape index (κ2) is 10.2. The quantitative estimate of drug-likeness (QED) is 0.202. The average Bonchev–Trinajstić information content (AvgIpc) is 3.24. The molecule has 2 aliphatic rings. The molecule has 1 aromatic carbocycles. The van der Waals surface area contributed by atoms with Crippen molar-refractivity contribution >= 4 is 44.6 Å². The van der Waals surface area contributed by atoms with Crippen molar-refractivity contribution in [1.29, 1.82) is 0 Å². The minimum atomic E-state index is -1.71. The number of hydrogen-bond acceptors (Lipinski definition) is 9. The number of fused-ring (bicyclic) bond motifs is 5. The van der Waals surface area contributed by atoms with Crippen LogP contribution in [0.4, 0.5) is 4.79 Å². The number of carbonyl (C=O) groups is 2. The molecule has 188 valence electrons. The SMILES string of the molecule is CC[C@@]1(OC(=O)NCCSSCCN)C(=O)OCc2c1cc1n(c2=O)Cc2cc3ccccc3nc2-1. The van der Waals surface area contributed by atoms with Crippen LogP contribution in [0.5, 0.6) is 0 Å². The van der Waals surface area contributed by atoms with Gasteiger partial charge >= 0.3 is 12.1 Å². The fourth-order valence-corrected chi connectivity index (χ4v) is 6.40. The van der Waals surface area contributed by atoms with Crippen LogP contribution < -0.4 is 16.6 Å². The highest BCUT2D eigenvalue weighted by molar-refractivity contribution is 8.76. The van der Waals surface area contributed by atoms with Crippen LogP contribution in [0.15, 0.2) is 41.2 Å². The highest BCUT2D eigenvalue weighted by Crippen LogP contribution is 2.40. The molecule has 0 unspecified atom stereocenters. The number of para-hydroxylation sites is 1. The van der Waals surface area contributed by atoms with Gasteiger partial charge in [0.25, 0.3) is 5.56 Å². The third-order valence-electron chi connectivity index (χ3n) is 6.39. The second-order valence-electron chi connectivity index (χ2n) is 8.51. The van der Waals surface area contributed by atoms with Crippen LogP contribution in [0.1, 0.15) is 30.0 Å². The lowest BCUT2D eigenvalue weighted by atomic mass is 9.85. The van der Waals surface area contributed by atoms with E-state index in [1.807, 2.05) is 30.3 Å². The van der Waals surface area contributed by atoms with E-state index in [0.717, 1.165) is 22.2 Å². The summed E-state index contributed by atoms with van der Waals surface area (Å²) in [7, 11) is 3.22. The highest BCUT2D eigenvalue weighted by Gasteiger charge is 2.50. The molecule has 0 saturated heterocycles. The summed E-state index contributed by atoms with van der Waals surface area (Å²) < 4.78 is 12.8. The maximum Gasteiger partial charge on any atom is 0.408 e. The molecule has 4 heterocycles. The smallest absolute Gasteiger partial charge is 0.408 e. The van der Waals surface area contributed by atoms with Crippen LogP contribution in [-0.2, 0) is 33.0 Å². The van der Waals surface area contributed by atoms with Crippen LogP contribution in [0, 0.1) is 0 Å². The first-order chi connectivity index (χ1) is 17.5. The Morgan fingerprint density at radius 3 is 2.86 bits per heavy atom. The summed E-state index contributed by atoms with van der Waals surface area (Å²) in [5.74, 6) is 0.796. The van der Waals surface area contributed by atoms with Crippen LogP contribution in [-0.4, -0.2) is 46.2 Å². The fourth-order valence-electron chi connectivity index (χ4n) is 4.64. The summed E-state index contributed by atoms with van der Waals surface area (Å²) in [6, 6.07) is 11.6. The number of nitrogens with zero attached hydrogens (tertiary/aromatic N) is 2. The molecule has 3 aromatic rings. The fraction of sp³-hybridized carbons (Fsp3) is 0.360. The van der Waals surface area contributed by atoms with Crippen LogP contribution >= 0.6 is 21.6 Å². The molecule has 0 bridgehead atoms. The lowest BCUT2D eigenvalue weighted by molar-refractivity contribution is -0.172. The van der Waals surface area contributed by atoms with Gasteiger partial charge in [-0.15, -0.1) is 0 Å². The third kappa shape index (κ3) is 4.25. The number of aromatic nitrogens is 2. The van der Waals surface area contributed by atoms with Gasteiger partial charge in [0, 0.05) is 41.1 Å². The molecule has 0 saturated carbocycles. The molecule has 11 heteroatoms. The molecule has 0 spiro atoms. The van der Waals surface area contributed by atoms with E-state index in [1.165, 1.54) is 0 Å². The van der Waals surface area contributed by atoms with Gasteiger partial charge in [0.05, 0.1) is 29.0 Å². The van der Waals surface area contributed by atoms with E-state index < -0.39 is 17.7 Å².